The van der Waals surface area contributed by atoms with Crippen LogP contribution < -0.4 is 15.4 Å². The Morgan fingerprint density at radius 3 is 2.35 bits per heavy atom. The van der Waals surface area contributed by atoms with Gasteiger partial charge >= 0.3 is 12.3 Å². The third kappa shape index (κ3) is 9.98. The molecule has 4 aromatic rings. The number of hydrogen-bond acceptors (Lipinski definition) is 7. The van der Waals surface area contributed by atoms with Gasteiger partial charge < -0.3 is 24.5 Å². The minimum Gasteiger partial charge on any atom is -0.493 e. The number of nitrogens with one attached hydrogen (secondary N) is 2. The van der Waals surface area contributed by atoms with Crippen LogP contribution in [0.1, 0.15) is 46.8 Å². The molecule has 0 saturated heterocycles. The van der Waals surface area contributed by atoms with Crippen molar-refractivity contribution in [2.24, 2.45) is 0 Å². The lowest BCUT2D eigenvalue weighted by Gasteiger charge is -2.21. The van der Waals surface area contributed by atoms with Gasteiger partial charge in [-0.2, -0.15) is 13.2 Å². The fourth-order valence-electron chi connectivity index (χ4n) is 4.67. The van der Waals surface area contributed by atoms with Gasteiger partial charge in [0.1, 0.15) is 11.5 Å². The lowest BCUT2D eigenvalue weighted by molar-refractivity contribution is -0.137. The minimum absolute atomic E-state index is 0.126. The molecule has 3 aromatic carbocycles. The Hall–Kier alpha value is -5.06. The minimum atomic E-state index is -4.48. The number of allylic oxidation sites excluding steroid dienone is 2. The third-order valence-electron chi connectivity index (χ3n) is 6.97. The molecular formula is C35H36F3N3O5. The van der Waals surface area contributed by atoms with Crippen molar-refractivity contribution in [1.82, 2.24) is 15.6 Å². The summed E-state index contributed by atoms with van der Waals surface area (Å²) in [5.74, 6) is 1.56. The number of aryl methyl sites for hydroxylation is 1. The first-order valence-electron chi connectivity index (χ1n) is 14.8. The second-order valence-corrected chi connectivity index (χ2v) is 10.5. The van der Waals surface area contributed by atoms with Crippen LogP contribution in [0.3, 0.4) is 0 Å². The van der Waals surface area contributed by atoms with Crippen LogP contribution in [-0.2, 0) is 23.8 Å². The Balaban J connectivity index is 1.35. The van der Waals surface area contributed by atoms with E-state index in [4.69, 9.17) is 13.9 Å². The summed E-state index contributed by atoms with van der Waals surface area (Å²) in [6.45, 7) is 6.08. The second kappa shape index (κ2) is 15.8. The second-order valence-electron chi connectivity index (χ2n) is 10.5. The summed E-state index contributed by atoms with van der Waals surface area (Å²) < 4.78 is 55.4. The molecule has 0 radical (unpaired) electrons. The number of alkyl halides is 3. The maximum Gasteiger partial charge on any atom is 0.416 e. The SMILES string of the molecule is CCOC(=O)NC[C@H](Cc1ccc(OCCc2nc(-c3ccccc3)oc2C)cc1)N/C(C)=C/C(=O)c1ccc(C(F)(F)F)cc1. The van der Waals surface area contributed by atoms with E-state index in [1.807, 2.05) is 61.5 Å². The number of aromatic nitrogens is 1. The topological polar surface area (TPSA) is 103 Å². The van der Waals surface area contributed by atoms with Gasteiger partial charge in [0.05, 0.1) is 24.5 Å². The number of benzene rings is 3. The first-order valence-corrected chi connectivity index (χ1v) is 14.8. The summed E-state index contributed by atoms with van der Waals surface area (Å²) in [6.07, 6.45) is -2.68. The molecule has 242 valence electrons. The highest BCUT2D eigenvalue weighted by Crippen LogP contribution is 2.29. The van der Waals surface area contributed by atoms with Crippen LogP contribution in [-0.4, -0.2) is 42.7 Å². The molecule has 0 aliphatic rings. The molecule has 0 aliphatic carbocycles. The number of rotatable bonds is 14. The molecule has 46 heavy (non-hydrogen) atoms. The van der Waals surface area contributed by atoms with Crippen LogP contribution in [0.25, 0.3) is 11.5 Å². The van der Waals surface area contributed by atoms with Gasteiger partial charge in [-0.25, -0.2) is 9.78 Å². The summed E-state index contributed by atoms with van der Waals surface area (Å²) in [6, 6.07) is 20.9. The maximum atomic E-state index is 12.9. The number of carbonyl (C=O) groups excluding carboxylic acids is 2. The number of ketones is 1. The van der Waals surface area contributed by atoms with Gasteiger partial charge in [-0.3, -0.25) is 4.79 Å². The molecular weight excluding hydrogens is 599 g/mol. The van der Waals surface area contributed by atoms with E-state index in [9.17, 15) is 22.8 Å². The van der Waals surface area contributed by atoms with Gasteiger partial charge in [-0.1, -0.05) is 42.5 Å². The van der Waals surface area contributed by atoms with Crippen molar-refractivity contribution < 1.29 is 36.7 Å². The van der Waals surface area contributed by atoms with E-state index in [1.165, 1.54) is 6.08 Å². The predicted molar refractivity (Wildman–Crippen MR) is 168 cm³/mol. The molecule has 8 nitrogen and oxygen atoms in total. The summed E-state index contributed by atoms with van der Waals surface area (Å²) >= 11 is 0. The Kier molecular flexibility index (Phi) is 11.6. The Bertz CT molecular complexity index is 1620. The molecule has 0 bridgehead atoms. The average molecular weight is 636 g/mol. The lowest BCUT2D eigenvalue weighted by atomic mass is 10.0. The monoisotopic (exact) mass is 635 g/mol. The van der Waals surface area contributed by atoms with Crippen molar-refractivity contribution in [2.75, 3.05) is 19.8 Å². The van der Waals surface area contributed by atoms with Crippen molar-refractivity contribution in [3.8, 4) is 17.2 Å². The van der Waals surface area contributed by atoms with E-state index < -0.39 is 23.6 Å². The standard InChI is InChI=1S/C35H36F3N3O5/c1-4-44-34(43)39-22-29(40-23(2)20-32(42)26-12-14-28(15-13-26)35(36,37)38)21-25-10-16-30(17-11-25)45-19-18-31-24(3)46-33(41-31)27-8-6-5-7-9-27/h5-17,20,29,40H,4,18-19,21-22H2,1-3H3,(H,39,43)/b23-20+/t29-/m0/s1. The largest absolute Gasteiger partial charge is 0.493 e. The lowest BCUT2D eigenvalue weighted by Crippen LogP contribution is -2.41. The van der Waals surface area contributed by atoms with Gasteiger partial charge in [0.2, 0.25) is 5.89 Å². The number of oxazole rings is 1. The molecule has 0 saturated carbocycles. The zero-order chi connectivity index (χ0) is 33.1. The van der Waals surface area contributed by atoms with Crippen molar-refractivity contribution in [3.63, 3.8) is 0 Å². The Morgan fingerprint density at radius 2 is 1.70 bits per heavy atom. The zero-order valence-electron chi connectivity index (χ0n) is 25.8. The summed E-state index contributed by atoms with van der Waals surface area (Å²) in [5.41, 5.74) is 2.47. The van der Waals surface area contributed by atoms with E-state index in [0.29, 0.717) is 36.8 Å². The molecule has 0 aliphatic heterocycles. The molecule has 0 fully saturated rings. The smallest absolute Gasteiger partial charge is 0.416 e. The van der Waals surface area contributed by atoms with Crippen molar-refractivity contribution in [3.05, 3.63) is 119 Å². The normalized spacial score (nSPS) is 12.3. The molecule has 1 atom stereocenters. The fraction of sp³-hybridized carbons (Fsp3) is 0.286. The summed E-state index contributed by atoms with van der Waals surface area (Å²) in [5, 5.41) is 5.93. The van der Waals surface area contributed by atoms with E-state index in [1.54, 1.807) is 13.8 Å². The maximum absolute atomic E-state index is 12.9. The molecule has 1 heterocycles. The van der Waals surface area contributed by atoms with Gasteiger partial charge in [0.15, 0.2) is 5.78 Å². The van der Waals surface area contributed by atoms with Crippen molar-refractivity contribution >= 4 is 11.9 Å². The molecule has 2 N–H and O–H groups in total. The number of carbonyl (C=O) groups is 2. The quantitative estimate of drug-likeness (QED) is 0.111. The molecule has 0 spiro atoms. The number of nitrogens with zero attached hydrogens (tertiary/aromatic N) is 1. The zero-order valence-corrected chi connectivity index (χ0v) is 25.8. The first kappa shape index (κ1) is 33.8. The van der Waals surface area contributed by atoms with Crippen LogP contribution in [0.4, 0.5) is 18.0 Å². The van der Waals surface area contributed by atoms with E-state index in [2.05, 4.69) is 15.6 Å². The number of ether oxygens (including phenoxy) is 2. The van der Waals surface area contributed by atoms with Gasteiger partial charge in [0.25, 0.3) is 0 Å². The van der Waals surface area contributed by atoms with Crippen LogP contribution >= 0.6 is 0 Å². The van der Waals surface area contributed by atoms with Crippen molar-refractivity contribution in [1.29, 1.82) is 0 Å². The summed E-state index contributed by atoms with van der Waals surface area (Å²) in [7, 11) is 0. The number of halogens is 3. The van der Waals surface area contributed by atoms with Crippen LogP contribution in [0.5, 0.6) is 5.75 Å². The molecule has 1 aromatic heterocycles. The highest BCUT2D eigenvalue weighted by Gasteiger charge is 2.30. The van der Waals surface area contributed by atoms with Crippen LogP contribution in [0.15, 0.2) is 95.1 Å². The number of hydrogen-bond donors (Lipinski definition) is 2. The molecule has 0 unspecified atom stereocenters. The molecule has 1 amide bonds. The van der Waals surface area contributed by atoms with Crippen LogP contribution in [0.2, 0.25) is 0 Å². The number of amides is 1. The van der Waals surface area contributed by atoms with Gasteiger partial charge in [0, 0.05) is 41.9 Å². The highest BCUT2D eigenvalue weighted by atomic mass is 19.4. The van der Waals surface area contributed by atoms with Gasteiger partial charge in [-0.15, -0.1) is 0 Å². The van der Waals surface area contributed by atoms with E-state index in [0.717, 1.165) is 46.8 Å². The third-order valence-corrected chi connectivity index (χ3v) is 6.97. The molecule has 11 heteroatoms. The van der Waals surface area contributed by atoms with Gasteiger partial charge in [-0.05, 0) is 69.2 Å². The predicted octanol–water partition coefficient (Wildman–Crippen LogP) is 7.32. The highest BCUT2D eigenvalue weighted by molar-refractivity contribution is 6.04. The van der Waals surface area contributed by atoms with Crippen molar-refractivity contribution in [2.45, 2.75) is 45.8 Å². The summed E-state index contributed by atoms with van der Waals surface area (Å²) in [4.78, 5) is 29.3. The fourth-order valence-corrected chi connectivity index (χ4v) is 4.67. The Morgan fingerprint density at radius 1 is 1.00 bits per heavy atom. The average Bonchev–Trinajstić information content (AvgIpc) is 3.41. The molecule has 4 rings (SSSR count). The Labute approximate surface area is 265 Å². The first-order chi connectivity index (χ1) is 22.0. The van der Waals surface area contributed by atoms with E-state index in [-0.39, 0.29) is 24.8 Å². The van der Waals surface area contributed by atoms with Crippen LogP contribution in [0, 0.1) is 6.92 Å². The number of alkyl carbamates (subject to hydrolysis) is 1. The van der Waals surface area contributed by atoms with E-state index >= 15 is 0 Å².